The Morgan fingerprint density at radius 2 is 1.52 bits per heavy atom. The number of carbonyl (C=O) groups excluding carboxylic acids is 3. The van der Waals surface area contributed by atoms with E-state index in [9.17, 15) is 27.6 Å². The summed E-state index contributed by atoms with van der Waals surface area (Å²) < 4.78 is 38.1. The first-order valence-corrected chi connectivity index (χ1v) is 14.2. The standard InChI is InChI=1S/C30H30F3N5O3S/c1-18(2)24-6-4-5-7-25(24)38-26(39)17-42-29(38)37-27(40)34-19(3)16-20-8-12-22(13-9-20)35-28(41)36-23-14-10-21(11-15-23)30(31,32)33/h4-15,18-19H,16-17H2,1-3H3,(H,34,40)(H2,35,36,41)/b37-29-. The maximum atomic E-state index is 12.7. The van der Waals surface area contributed by atoms with Gasteiger partial charge in [0, 0.05) is 17.4 Å². The van der Waals surface area contributed by atoms with Crippen LogP contribution in [0.2, 0.25) is 0 Å². The number of amidine groups is 1. The van der Waals surface area contributed by atoms with Gasteiger partial charge in [0.05, 0.1) is 17.0 Å². The third-order valence-electron chi connectivity index (χ3n) is 6.36. The van der Waals surface area contributed by atoms with E-state index in [1.54, 1.807) is 24.3 Å². The monoisotopic (exact) mass is 597 g/mol. The molecule has 3 aromatic carbocycles. The first-order valence-electron chi connectivity index (χ1n) is 13.2. The minimum Gasteiger partial charge on any atom is -0.333 e. The highest BCUT2D eigenvalue weighted by Gasteiger charge is 2.32. The van der Waals surface area contributed by atoms with Crippen molar-refractivity contribution >= 4 is 52.0 Å². The first-order chi connectivity index (χ1) is 19.9. The number of benzene rings is 3. The van der Waals surface area contributed by atoms with Gasteiger partial charge in [-0.25, -0.2) is 9.59 Å². The summed E-state index contributed by atoms with van der Waals surface area (Å²) in [6, 6.07) is 17.2. The molecule has 0 aromatic heterocycles. The Kier molecular flexibility index (Phi) is 9.56. The second kappa shape index (κ2) is 13.1. The van der Waals surface area contributed by atoms with E-state index in [1.807, 2.05) is 45.0 Å². The molecule has 1 atom stereocenters. The number of anilines is 3. The highest BCUT2D eigenvalue weighted by Crippen LogP contribution is 2.33. The number of halogens is 3. The van der Waals surface area contributed by atoms with Crippen molar-refractivity contribution in [2.45, 2.75) is 45.3 Å². The molecule has 3 aromatic rings. The van der Waals surface area contributed by atoms with Gasteiger partial charge in [0.2, 0.25) is 5.91 Å². The maximum absolute atomic E-state index is 12.7. The SMILES string of the molecule is CC(Cc1ccc(NC(=O)Nc2ccc(C(F)(F)F)cc2)cc1)NC(=O)/N=C1\SCC(=O)N1c1ccccc1C(C)C. The summed E-state index contributed by atoms with van der Waals surface area (Å²) in [4.78, 5) is 43.3. The van der Waals surface area contributed by atoms with Crippen molar-refractivity contribution in [2.24, 2.45) is 4.99 Å². The van der Waals surface area contributed by atoms with Gasteiger partial charge in [0.15, 0.2) is 5.17 Å². The summed E-state index contributed by atoms with van der Waals surface area (Å²) in [5.74, 6) is 0.260. The molecule has 1 fully saturated rings. The molecule has 0 aliphatic carbocycles. The van der Waals surface area contributed by atoms with Crippen LogP contribution in [0.3, 0.4) is 0 Å². The predicted molar refractivity (Wildman–Crippen MR) is 160 cm³/mol. The normalized spacial score (nSPS) is 15.2. The van der Waals surface area contributed by atoms with E-state index >= 15 is 0 Å². The lowest BCUT2D eigenvalue weighted by atomic mass is 10.0. The molecular weight excluding hydrogens is 567 g/mol. The van der Waals surface area contributed by atoms with Gasteiger partial charge in [-0.1, -0.05) is 55.9 Å². The topological polar surface area (TPSA) is 103 Å². The Morgan fingerprint density at radius 1 is 0.929 bits per heavy atom. The van der Waals surface area contributed by atoms with Gasteiger partial charge in [-0.15, -0.1) is 0 Å². The number of amides is 5. The second-order valence-corrected chi connectivity index (χ2v) is 11.0. The van der Waals surface area contributed by atoms with Crippen LogP contribution in [0.5, 0.6) is 0 Å². The Hall–Kier alpha value is -4.32. The second-order valence-electron chi connectivity index (χ2n) is 10.0. The zero-order valence-corrected chi connectivity index (χ0v) is 24.0. The van der Waals surface area contributed by atoms with Crippen LogP contribution in [0, 0.1) is 0 Å². The molecule has 8 nitrogen and oxygen atoms in total. The summed E-state index contributed by atoms with van der Waals surface area (Å²) in [5.41, 5.74) is 2.51. The highest BCUT2D eigenvalue weighted by atomic mass is 32.2. The molecule has 0 radical (unpaired) electrons. The minimum absolute atomic E-state index is 0.130. The predicted octanol–water partition coefficient (Wildman–Crippen LogP) is 7.25. The molecule has 0 spiro atoms. The van der Waals surface area contributed by atoms with Crippen LogP contribution in [0.1, 0.15) is 43.4 Å². The number of carbonyl (C=O) groups is 3. The molecule has 1 unspecified atom stereocenters. The summed E-state index contributed by atoms with van der Waals surface area (Å²) in [6.45, 7) is 5.91. The van der Waals surface area contributed by atoms with Crippen LogP contribution < -0.4 is 20.9 Å². The van der Waals surface area contributed by atoms with E-state index in [0.29, 0.717) is 17.3 Å². The number of hydrogen-bond donors (Lipinski definition) is 3. The molecule has 42 heavy (non-hydrogen) atoms. The van der Waals surface area contributed by atoms with Crippen LogP contribution >= 0.6 is 11.8 Å². The van der Waals surface area contributed by atoms with Crippen LogP contribution in [-0.2, 0) is 17.4 Å². The number of alkyl halides is 3. The van der Waals surface area contributed by atoms with Gasteiger partial charge in [-0.05, 0) is 72.9 Å². The molecule has 1 heterocycles. The lowest BCUT2D eigenvalue weighted by molar-refractivity contribution is -0.137. The molecule has 3 N–H and O–H groups in total. The van der Waals surface area contributed by atoms with E-state index in [-0.39, 0.29) is 29.3 Å². The Bertz CT molecular complexity index is 1470. The Labute approximate surface area is 245 Å². The van der Waals surface area contributed by atoms with Gasteiger partial charge in [0.1, 0.15) is 0 Å². The fourth-order valence-corrected chi connectivity index (χ4v) is 5.21. The molecular formula is C30H30F3N5O3S. The number of aliphatic imine (C=N–C) groups is 1. The molecule has 0 saturated carbocycles. The lowest BCUT2D eigenvalue weighted by Crippen LogP contribution is -2.35. The quantitative estimate of drug-likeness (QED) is 0.267. The van der Waals surface area contributed by atoms with E-state index in [0.717, 1.165) is 28.9 Å². The molecule has 220 valence electrons. The number of nitrogens with zero attached hydrogens (tertiary/aromatic N) is 2. The number of thioether (sulfide) groups is 1. The van der Waals surface area contributed by atoms with Crippen molar-refractivity contribution in [1.82, 2.24) is 5.32 Å². The van der Waals surface area contributed by atoms with Crippen molar-refractivity contribution < 1.29 is 27.6 Å². The van der Waals surface area contributed by atoms with E-state index in [2.05, 4.69) is 20.9 Å². The minimum atomic E-state index is -4.45. The summed E-state index contributed by atoms with van der Waals surface area (Å²) in [5, 5.41) is 8.29. The highest BCUT2D eigenvalue weighted by molar-refractivity contribution is 8.15. The van der Waals surface area contributed by atoms with Gasteiger partial charge < -0.3 is 16.0 Å². The van der Waals surface area contributed by atoms with Gasteiger partial charge in [-0.2, -0.15) is 18.2 Å². The van der Waals surface area contributed by atoms with Crippen LogP contribution in [0.15, 0.2) is 77.8 Å². The number of hydrogen-bond acceptors (Lipinski definition) is 4. The van der Waals surface area contributed by atoms with E-state index in [4.69, 9.17) is 0 Å². The zero-order valence-electron chi connectivity index (χ0n) is 23.2. The van der Waals surface area contributed by atoms with Gasteiger partial charge >= 0.3 is 18.2 Å². The van der Waals surface area contributed by atoms with E-state index < -0.39 is 23.8 Å². The number of urea groups is 2. The van der Waals surface area contributed by atoms with Gasteiger partial charge in [-0.3, -0.25) is 9.69 Å². The maximum Gasteiger partial charge on any atom is 0.416 e. The number of nitrogens with one attached hydrogen (secondary N) is 3. The fourth-order valence-electron chi connectivity index (χ4n) is 4.36. The lowest BCUT2D eigenvalue weighted by Gasteiger charge is -2.21. The summed E-state index contributed by atoms with van der Waals surface area (Å²) in [6.07, 6.45) is -3.96. The fraction of sp³-hybridized carbons (Fsp3) is 0.267. The molecule has 1 aliphatic heterocycles. The van der Waals surface area contributed by atoms with Crippen molar-refractivity contribution in [3.63, 3.8) is 0 Å². The van der Waals surface area contributed by atoms with Crippen molar-refractivity contribution in [2.75, 3.05) is 21.3 Å². The third-order valence-corrected chi connectivity index (χ3v) is 7.28. The van der Waals surface area contributed by atoms with Crippen LogP contribution in [0.25, 0.3) is 0 Å². The van der Waals surface area contributed by atoms with Crippen molar-refractivity contribution in [3.8, 4) is 0 Å². The molecule has 1 aliphatic rings. The van der Waals surface area contributed by atoms with Crippen LogP contribution in [0.4, 0.5) is 39.8 Å². The van der Waals surface area contributed by atoms with Gasteiger partial charge in [0.25, 0.3) is 0 Å². The molecule has 1 saturated heterocycles. The summed E-state index contributed by atoms with van der Waals surface area (Å²) in [7, 11) is 0. The van der Waals surface area contributed by atoms with Crippen LogP contribution in [-0.4, -0.2) is 34.9 Å². The Morgan fingerprint density at radius 3 is 2.12 bits per heavy atom. The average Bonchev–Trinajstić information content (AvgIpc) is 3.28. The third kappa shape index (κ3) is 7.90. The van der Waals surface area contributed by atoms with Crippen molar-refractivity contribution in [1.29, 1.82) is 0 Å². The Balaban J connectivity index is 1.31. The molecule has 12 heteroatoms. The van der Waals surface area contributed by atoms with E-state index in [1.165, 1.54) is 28.8 Å². The molecule has 4 rings (SSSR count). The largest absolute Gasteiger partial charge is 0.416 e. The average molecular weight is 598 g/mol. The summed E-state index contributed by atoms with van der Waals surface area (Å²) >= 11 is 1.22. The number of para-hydroxylation sites is 1. The zero-order chi connectivity index (χ0) is 30.4. The first kappa shape index (κ1) is 30.6. The smallest absolute Gasteiger partial charge is 0.333 e. The molecule has 5 amide bonds. The number of rotatable bonds is 7. The van der Waals surface area contributed by atoms with Crippen molar-refractivity contribution in [3.05, 3.63) is 89.5 Å². The molecule has 0 bridgehead atoms.